The summed E-state index contributed by atoms with van der Waals surface area (Å²) in [6.45, 7) is 0. The minimum absolute atomic E-state index is 0.620. The van der Waals surface area contributed by atoms with E-state index in [4.69, 9.17) is 24.9 Å². The highest BCUT2D eigenvalue weighted by atomic mass is 32.1. The first-order chi connectivity index (χ1) is 27.2. The second-order valence-corrected chi connectivity index (χ2v) is 14.4. The zero-order chi connectivity index (χ0) is 36.6. The number of hydrogen-bond acceptors (Lipinski definition) is 6. The molecule has 258 valence electrons. The van der Waals surface area contributed by atoms with Gasteiger partial charge in [-0.25, -0.2) is 24.9 Å². The zero-order valence-electron chi connectivity index (χ0n) is 29.5. The van der Waals surface area contributed by atoms with Crippen LogP contribution in [0.2, 0.25) is 0 Å². The highest BCUT2D eigenvalue weighted by Gasteiger charge is 2.18. The molecule has 0 saturated heterocycles. The highest BCUT2D eigenvalue weighted by Crippen LogP contribution is 2.42. The van der Waals surface area contributed by atoms with E-state index in [-0.39, 0.29) is 0 Å². The lowest BCUT2D eigenvalue weighted by Gasteiger charge is -2.14. The molecule has 5 nitrogen and oxygen atoms in total. The molecule has 10 aromatic rings. The summed E-state index contributed by atoms with van der Waals surface area (Å²) in [7, 11) is 0. The van der Waals surface area contributed by atoms with Gasteiger partial charge < -0.3 is 0 Å². The molecule has 0 aliphatic rings. The molecule has 0 aliphatic carbocycles. The molecule has 3 aromatic heterocycles. The van der Waals surface area contributed by atoms with Gasteiger partial charge in [-0.2, -0.15) is 0 Å². The maximum atomic E-state index is 5.26. The molecule has 10 rings (SSSR count). The Morgan fingerprint density at radius 3 is 1.27 bits per heavy atom. The van der Waals surface area contributed by atoms with E-state index in [0.717, 1.165) is 55.9 Å². The predicted molar refractivity (Wildman–Crippen MR) is 226 cm³/mol. The molecular weight excluding hydrogens is 691 g/mol. The molecule has 0 aliphatic heterocycles. The Morgan fingerprint density at radius 1 is 0.273 bits per heavy atom. The molecular formula is C49H31N5S. The maximum Gasteiger partial charge on any atom is 0.164 e. The minimum atomic E-state index is 0.620. The third-order valence-corrected chi connectivity index (χ3v) is 10.9. The molecule has 0 unspecified atom stereocenters. The summed E-state index contributed by atoms with van der Waals surface area (Å²) in [6.07, 6.45) is 0. The quantitative estimate of drug-likeness (QED) is 0.164. The summed E-state index contributed by atoms with van der Waals surface area (Å²) in [4.78, 5) is 25.2. The number of nitrogens with zero attached hydrogens (tertiary/aromatic N) is 5. The fourth-order valence-corrected chi connectivity index (χ4v) is 8.14. The number of thiophene rings is 1. The second-order valence-electron chi connectivity index (χ2n) is 13.3. The Balaban J connectivity index is 1.15. The van der Waals surface area contributed by atoms with Gasteiger partial charge in [-0.15, -0.1) is 11.3 Å². The molecule has 55 heavy (non-hydrogen) atoms. The van der Waals surface area contributed by atoms with Crippen LogP contribution in [0.4, 0.5) is 0 Å². The maximum absolute atomic E-state index is 5.26. The lowest BCUT2D eigenvalue weighted by Crippen LogP contribution is -2.00. The Bertz CT molecular complexity index is 2830. The van der Waals surface area contributed by atoms with Gasteiger partial charge in [0.15, 0.2) is 23.3 Å². The molecule has 0 saturated carbocycles. The number of benzene rings is 7. The van der Waals surface area contributed by atoms with E-state index in [1.807, 2.05) is 108 Å². The molecule has 0 fully saturated rings. The van der Waals surface area contributed by atoms with E-state index in [1.54, 1.807) is 0 Å². The Labute approximate surface area is 322 Å². The fourth-order valence-electron chi connectivity index (χ4n) is 7.02. The van der Waals surface area contributed by atoms with Crippen molar-refractivity contribution >= 4 is 31.5 Å². The first kappa shape index (κ1) is 32.5. The van der Waals surface area contributed by atoms with Gasteiger partial charge in [0.05, 0.1) is 11.4 Å². The van der Waals surface area contributed by atoms with Crippen LogP contribution < -0.4 is 0 Å². The second kappa shape index (κ2) is 14.0. The molecule has 0 atom stereocenters. The molecule has 0 radical (unpaired) electrons. The van der Waals surface area contributed by atoms with Crippen LogP contribution in [0.25, 0.3) is 99.4 Å². The summed E-state index contributed by atoms with van der Waals surface area (Å²) in [5.74, 6) is 2.58. The summed E-state index contributed by atoms with van der Waals surface area (Å²) < 4.78 is 2.47. The monoisotopic (exact) mass is 721 g/mol. The van der Waals surface area contributed by atoms with Gasteiger partial charge >= 0.3 is 0 Å². The lowest BCUT2D eigenvalue weighted by molar-refractivity contribution is 1.07. The molecule has 6 heteroatoms. The van der Waals surface area contributed by atoms with E-state index in [2.05, 4.69) is 91.0 Å². The van der Waals surface area contributed by atoms with E-state index in [1.165, 1.54) is 20.2 Å². The number of rotatable bonds is 7. The van der Waals surface area contributed by atoms with Crippen molar-refractivity contribution in [1.29, 1.82) is 0 Å². The third-order valence-electron chi connectivity index (χ3n) is 9.77. The SMILES string of the molecule is c1ccc(-c2cc(-c3cc4sc5ccccc5c4cc3-c3ccc(-c4nc(-c5ccccc5)nc(-c5ccccc5)n4)cc3)nc(-c3ccccc3)n2)cc1. The summed E-state index contributed by atoms with van der Waals surface area (Å²) in [6, 6.07) is 64.6. The van der Waals surface area contributed by atoms with Crippen molar-refractivity contribution in [3.8, 4) is 79.2 Å². The van der Waals surface area contributed by atoms with Crippen molar-refractivity contribution in [2.45, 2.75) is 0 Å². The van der Waals surface area contributed by atoms with Crippen LogP contribution in [0.1, 0.15) is 0 Å². The smallest absolute Gasteiger partial charge is 0.164 e. The summed E-state index contributed by atoms with van der Waals surface area (Å²) in [5.41, 5.74) is 9.74. The predicted octanol–water partition coefficient (Wildman–Crippen LogP) is 12.7. The minimum Gasteiger partial charge on any atom is -0.228 e. The van der Waals surface area contributed by atoms with Crippen LogP contribution in [0, 0.1) is 0 Å². The molecule has 0 spiro atoms. The van der Waals surface area contributed by atoms with Gasteiger partial charge in [-0.1, -0.05) is 164 Å². The number of aromatic nitrogens is 5. The molecule has 0 N–H and O–H groups in total. The van der Waals surface area contributed by atoms with Crippen molar-refractivity contribution in [1.82, 2.24) is 24.9 Å². The normalized spacial score (nSPS) is 11.3. The van der Waals surface area contributed by atoms with Crippen LogP contribution >= 0.6 is 11.3 Å². The van der Waals surface area contributed by atoms with Crippen LogP contribution in [-0.4, -0.2) is 24.9 Å². The van der Waals surface area contributed by atoms with E-state index in [0.29, 0.717) is 23.3 Å². The third kappa shape index (κ3) is 6.35. The Morgan fingerprint density at radius 2 is 0.709 bits per heavy atom. The van der Waals surface area contributed by atoms with E-state index < -0.39 is 0 Å². The van der Waals surface area contributed by atoms with Crippen LogP contribution in [0.5, 0.6) is 0 Å². The van der Waals surface area contributed by atoms with Crippen LogP contribution in [-0.2, 0) is 0 Å². The zero-order valence-corrected chi connectivity index (χ0v) is 30.4. The number of fused-ring (bicyclic) bond motifs is 3. The first-order valence-corrected chi connectivity index (χ1v) is 19.0. The average molecular weight is 722 g/mol. The topological polar surface area (TPSA) is 64.5 Å². The largest absolute Gasteiger partial charge is 0.228 e. The van der Waals surface area contributed by atoms with Crippen molar-refractivity contribution in [2.24, 2.45) is 0 Å². The van der Waals surface area contributed by atoms with Crippen LogP contribution in [0.3, 0.4) is 0 Å². The van der Waals surface area contributed by atoms with Crippen molar-refractivity contribution < 1.29 is 0 Å². The molecule has 7 aromatic carbocycles. The molecule has 0 amide bonds. The van der Waals surface area contributed by atoms with E-state index in [9.17, 15) is 0 Å². The Hall–Kier alpha value is -7.15. The van der Waals surface area contributed by atoms with Gasteiger partial charge in [-0.05, 0) is 35.4 Å². The van der Waals surface area contributed by atoms with Gasteiger partial charge in [0.25, 0.3) is 0 Å². The average Bonchev–Trinajstić information content (AvgIpc) is 3.64. The van der Waals surface area contributed by atoms with Crippen molar-refractivity contribution in [3.63, 3.8) is 0 Å². The van der Waals surface area contributed by atoms with Gasteiger partial charge in [-0.3, -0.25) is 0 Å². The summed E-state index contributed by atoms with van der Waals surface area (Å²) in [5, 5.41) is 2.47. The molecule has 3 heterocycles. The van der Waals surface area contributed by atoms with Gasteiger partial charge in [0, 0.05) is 53.6 Å². The van der Waals surface area contributed by atoms with E-state index >= 15 is 0 Å². The van der Waals surface area contributed by atoms with Gasteiger partial charge in [0.1, 0.15) is 0 Å². The standard InChI is InChI=1S/C49H31N5S/c1-5-15-33(16-6-1)42-31-43(51-46(50-42)34-17-7-2-8-18-34)40-30-45-41(38-23-13-14-24-44(38)55-45)29-39(40)32-25-27-37(28-26-32)49-53-47(35-19-9-3-10-20-35)52-48(54-49)36-21-11-4-12-22-36/h1-31H. The van der Waals surface area contributed by atoms with Crippen LogP contribution in [0.15, 0.2) is 188 Å². The van der Waals surface area contributed by atoms with Crippen molar-refractivity contribution in [3.05, 3.63) is 188 Å². The fraction of sp³-hybridized carbons (Fsp3) is 0. The first-order valence-electron chi connectivity index (χ1n) is 18.2. The Kier molecular flexibility index (Phi) is 8.28. The number of hydrogen-bond donors (Lipinski definition) is 0. The highest BCUT2D eigenvalue weighted by molar-refractivity contribution is 7.25. The van der Waals surface area contributed by atoms with Gasteiger partial charge in [0.2, 0.25) is 0 Å². The molecule has 0 bridgehead atoms. The van der Waals surface area contributed by atoms with Crippen molar-refractivity contribution in [2.75, 3.05) is 0 Å². The lowest BCUT2D eigenvalue weighted by atomic mass is 9.94. The summed E-state index contributed by atoms with van der Waals surface area (Å²) >= 11 is 1.81.